The highest BCUT2D eigenvalue weighted by molar-refractivity contribution is 5.89. The van der Waals surface area contributed by atoms with E-state index in [0.717, 1.165) is 0 Å². The zero-order valence-electron chi connectivity index (χ0n) is 5.50. The SMILES string of the molecule is CC1=C(C(=O)O)N=CCO1. The molecule has 0 saturated carbocycles. The highest BCUT2D eigenvalue weighted by Gasteiger charge is 2.12. The van der Waals surface area contributed by atoms with E-state index in [2.05, 4.69) is 4.99 Å². The molecule has 0 aliphatic carbocycles. The van der Waals surface area contributed by atoms with Crippen LogP contribution in [0.2, 0.25) is 0 Å². The maximum absolute atomic E-state index is 10.3. The van der Waals surface area contributed by atoms with Crippen molar-refractivity contribution in [3.05, 3.63) is 11.5 Å². The molecule has 0 bridgehead atoms. The molecule has 0 radical (unpaired) electrons. The normalized spacial score (nSPS) is 16.9. The van der Waals surface area contributed by atoms with E-state index in [1.165, 1.54) is 6.21 Å². The third kappa shape index (κ3) is 1.15. The van der Waals surface area contributed by atoms with Gasteiger partial charge in [0.2, 0.25) is 0 Å². The third-order valence-corrected chi connectivity index (χ3v) is 1.13. The van der Waals surface area contributed by atoms with Gasteiger partial charge in [-0.05, 0) is 6.92 Å². The number of aliphatic carboxylic acids is 1. The van der Waals surface area contributed by atoms with Crippen LogP contribution in [0, 0.1) is 0 Å². The lowest BCUT2D eigenvalue weighted by atomic mass is 10.3. The summed E-state index contributed by atoms with van der Waals surface area (Å²) in [5.74, 6) is -0.677. The average Bonchev–Trinajstić information content (AvgIpc) is 1.88. The lowest BCUT2D eigenvalue weighted by Crippen LogP contribution is -2.09. The Labute approximate surface area is 57.8 Å². The molecule has 0 atom stereocenters. The fourth-order valence-corrected chi connectivity index (χ4v) is 0.656. The second-order valence-corrected chi connectivity index (χ2v) is 1.83. The Balaban J connectivity index is 2.90. The second kappa shape index (κ2) is 2.51. The van der Waals surface area contributed by atoms with Gasteiger partial charge in [0.05, 0.1) is 0 Å². The third-order valence-electron chi connectivity index (χ3n) is 1.13. The molecule has 4 nitrogen and oxygen atoms in total. The number of nitrogens with zero attached hydrogens (tertiary/aromatic N) is 1. The molecule has 0 aromatic rings. The lowest BCUT2D eigenvalue weighted by molar-refractivity contribution is -0.133. The molecule has 10 heavy (non-hydrogen) atoms. The van der Waals surface area contributed by atoms with Gasteiger partial charge < -0.3 is 9.84 Å². The number of carboxylic acids is 1. The molecule has 1 aliphatic heterocycles. The summed E-state index contributed by atoms with van der Waals surface area (Å²) in [4.78, 5) is 14.0. The smallest absolute Gasteiger partial charge is 0.357 e. The number of hydrogen-bond donors (Lipinski definition) is 1. The molecule has 4 heteroatoms. The first-order chi connectivity index (χ1) is 4.72. The molecular weight excluding hydrogens is 134 g/mol. The van der Waals surface area contributed by atoms with Crippen molar-refractivity contribution in [1.82, 2.24) is 0 Å². The Kier molecular flexibility index (Phi) is 1.71. The highest BCUT2D eigenvalue weighted by atomic mass is 16.5. The zero-order chi connectivity index (χ0) is 7.56. The minimum absolute atomic E-state index is 0.00810. The molecule has 0 saturated heterocycles. The Morgan fingerprint density at radius 3 is 3.00 bits per heavy atom. The fraction of sp³-hybridized carbons (Fsp3) is 0.333. The molecule has 0 spiro atoms. The number of allylic oxidation sites excluding steroid dienone is 1. The highest BCUT2D eigenvalue weighted by Crippen LogP contribution is 2.09. The van der Waals surface area contributed by atoms with Crippen LogP contribution < -0.4 is 0 Å². The fourth-order valence-electron chi connectivity index (χ4n) is 0.656. The van der Waals surface area contributed by atoms with Crippen molar-refractivity contribution < 1.29 is 14.6 Å². The van der Waals surface area contributed by atoms with E-state index in [-0.39, 0.29) is 5.70 Å². The quantitative estimate of drug-likeness (QED) is 0.575. The van der Waals surface area contributed by atoms with Crippen LogP contribution >= 0.6 is 0 Å². The molecule has 0 amide bonds. The van der Waals surface area contributed by atoms with Crippen LogP contribution in [0.15, 0.2) is 16.4 Å². The number of rotatable bonds is 1. The maximum Gasteiger partial charge on any atom is 0.357 e. The lowest BCUT2D eigenvalue weighted by Gasteiger charge is -2.08. The van der Waals surface area contributed by atoms with Gasteiger partial charge in [0.25, 0.3) is 0 Å². The van der Waals surface area contributed by atoms with Crippen molar-refractivity contribution >= 4 is 12.2 Å². The molecule has 1 rings (SSSR count). The van der Waals surface area contributed by atoms with Gasteiger partial charge in [-0.3, -0.25) is 0 Å². The van der Waals surface area contributed by atoms with Crippen molar-refractivity contribution in [2.75, 3.05) is 6.61 Å². The van der Waals surface area contributed by atoms with E-state index < -0.39 is 5.97 Å². The summed E-state index contributed by atoms with van der Waals surface area (Å²) < 4.78 is 4.90. The molecule has 54 valence electrons. The summed E-state index contributed by atoms with van der Waals surface area (Å²) in [5, 5.41) is 8.46. The molecule has 0 aromatic carbocycles. The van der Waals surface area contributed by atoms with Gasteiger partial charge in [-0.15, -0.1) is 0 Å². The van der Waals surface area contributed by atoms with Gasteiger partial charge in [0.15, 0.2) is 5.70 Å². The molecule has 0 unspecified atom stereocenters. The summed E-state index contributed by atoms with van der Waals surface area (Å²) in [5.41, 5.74) is -0.00810. The first-order valence-corrected chi connectivity index (χ1v) is 2.81. The molecule has 1 heterocycles. The molecule has 0 aromatic heterocycles. The van der Waals surface area contributed by atoms with E-state index in [1.54, 1.807) is 6.92 Å². The van der Waals surface area contributed by atoms with Crippen molar-refractivity contribution in [3.63, 3.8) is 0 Å². The van der Waals surface area contributed by atoms with Gasteiger partial charge >= 0.3 is 5.97 Å². The van der Waals surface area contributed by atoms with Gasteiger partial charge in [-0.2, -0.15) is 0 Å². The van der Waals surface area contributed by atoms with Crippen LogP contribution in [0.25, 0.3) is 0 Å². The first-order valence-electron chi connectivity index (χ1n) is 2.81. The minimum atomic E-state index is -1.05. The van der Waals surface area contributed by atoms with Crippen molar-refractivity contribution in [2.24, 2.45) is 4.99 Å². The number of ether oxygens (including phenoxy) is 1. The van der Waals surface area contributed by atoms with E-state index in [0.29, 0.717) is 12.4 Å². The molecule has 1 aliphatic rings. The van der Waals surface area contributed by atoms with Gasteiger partial charge in [-0.25, -0.2) is 9.79 Å². The zero-order valence-corrected chi connectivity index (χ0v) is 5.50. The Morgan fingerprint density at radius 1 is 1.90 bits per heavy atom. The number of carboxylic acid groups (broad SMARTS) is 1. The Bertz CT molecular complexity index is 217. The number of aliphatic imine (C=N–C) groups is 1. The van der Waals surface area contributed by atoms with Crippen molar-refractivity contribution in [3.8, 4) is 0 Å². The van der Waals surface area contributed by atoms with E-state index in [9.17, 15) is 4.79 Å². The monoisotopic (exact) mass is 141 g/mol. The summed E-state index contributed by atoms with van der Waals surface area (Å²) in [6.45, 7) is 1.95. The maximum atomic E-state index is 10.3. The predicted octanol–water partition coefficient (Wildman–Crippen LogP) is 0.404. The van der Waals surface area contributed by atoms with E-state index in [4.69, 9.17) is 9.84 Å². The van der Waals surface area contributed by atoms with Gasteiger partial charge in [0.1, 0.15) is 12.4 Å². The van der Waals surface area contributed by atoms with Crippen LogP contribution in [0.3, 0.4) is 0 Å². The largest absolute Gasteiger partial charge is 0.490 e. The predicted molar refractivity (Wildman–Crippen MR) is 34.8 cm³/mol. The summed E-state index contributed by atoms with van der Waals surface area (Å²) in [7, 11) is 0. The summed E-state index contributed by atoms with van der Waals surface area (Å²) in [6, 6.07) is 0. The van der Waals surface area contributed by atoms with Crippen LogP contribution in [-0.2, 0) is 9.53 Å². The standard InChI is InChI=1S/C6H7NO3/c1-4-5(6(8)9)7-2-3-10-4/h2H,3H2,1H3,(H,8,9). The van der Waals surface area contributed by atoms with Crippen molar-refractivity contribution in [1.29, 1.82) is 0 Å². The van der Waals surface area contributed by atoms with E-state index in [1.807, 2.05) is 0 Å². The second-order valence-electron chi connectivity index (χ2n) is 1.83. The van der Waals surface area contributed by atoms with Crippen molar-refractivity contribution in [2.45, 2.75) is 6.92 Å². The summed E-state index contributed by atoms with van der Waals surface area (Å²) >= 11 is 0. The van der Waals surface area contributed by atoms with Crippen LogP contribution in [0.1, 0.15) is 6.92 Å². The minimum Gasteiger partial charge on any atom is -0.490 e. The van der Waals surface area contributed by atoms with Crippen LogP contribution in [-0.4, -0.2) is 23.9 Å². The summed E-state index contributed by atoms with van der Waals surface area (Å²) in [6.07, 6.45) is 1.43. The number of hydrogen-bond acceptors (Lipinski definition) is 3. The number of carbonyl (C=O) groups is 1. The molecule has 0 fully saturated rings. The first kappa shape index (κ1) is 6.80. The molecule has 1 N–H and O–H groups in total. The van der Waals surface area contributed by atoms with E-state index >= 15 is 0 Å². The molecular formula is C6H7NO3. The van der Waals surface area contributed by atoms with Crippen LogP contribution in [0.4, 0.5) is 0 Å². The average molecular weight is 141 g/mol. The van der Waals surface area contributed by atoms with Gasteiger partial charge in [0, 0.05) is 6.21 Å². The van der Waals surface area contributed by atoms with Gasteiger partial charge in [-0.1, -0.05) is 0 Å². The topological polar surface area (TPSA) is 58.9 Å². The Morgan fingerprint density at radius 2 is 2.60 bits per heavy atom. The Hall–Kier alpha value is -1.32. The van der Waals surface area contributed by atoms with Crippen LogP contribution in [0.5, 0.6) is 0 Å².